The average molecular weight is 375 g/mol. The van der Waals surface area contributed by atoms with Crippen LogP contribution in [0.3, 0.4) is 0 Å². The van der Waals surface area contributed by atoms with E-state index < -0.39 is 0 Å². The lowest BCUT2D eigenvalue weighted by molar-refractivity contribution is -0.111. The van der Waals surface area contributed by atoms with Crippen molar-refractivity contribution in [3.8, 4) is 11.5 Å². The fourth-order valence-corrected chi connectivity index (χ4v) is 2.43. The van der Waals surface area contributed by atoms with Gasteiger partial charge in [-0.3, -0.25) is 4.79 Å². The Kier molecular flexibility index (Phi) is 6.87. The Bertz CT molecular complexity index is 908. The SMILES string of the molecule is COCCc1ccc(Oc2ccc(NC(=O)/C=C/c3ccncn3)cc2)cc1. The van der Waals surface area contributed by atoms with Gasteiger partial charge in [0.25, 0.3) is 0 Å². The molecule has 0 saturated heterocycles. The Morgan fingerprint density at radius 2 is 1.75 bits per heavy atom. The minimum atomic E-state index is -0.237. The summed E-state index contributed by atoms with van der Waals surface area (Å²) in [6, 6.07) is 16.8. The predicted molar refractivity (Wildman–Crippen MR) is 108 cm³/mol. The van der Waals surface area contributed by atoms with Gasteiger partial charge in [-0.05, 0) is 60.5 Å². The minimum Gasteiger partial charge on any atom is -0.457 e. The van der Waals surface area contributed by atoms with Crippen molar-refractivity contribution in [1.29, 1.82) is 0 Å². The molecule has 1 heterocycles. The Labute approximate surface area is 163 Å². The second kappa shape index (κ2) is 9.99. The Hall–Kier alpha value is -3.51. The van der Waals surface area contributed by atoms with Crippen molar-refractivity contribution in [2.45, 2.75) is 6.42 Å². The molecule has 2 aromatic carbocycles. The normalized spacial score (nSPS) is 10.8. The van der Waals surface area contributed by atoms with Gasteiger partial charge in [-0.25, -0.2) is 9.97 Å². The van der Waals surface area contributed by atoms with Gasteiger partial charge in [0, 0.05) is 25.1 Å². The van der Waals surface area contributed by atoms with Gasteiger partial charge in [0.15, 0.2) is 0 Å². The highest BCUT2D eigenvalue weighted by molar-refractivity contribution is 6.01. The number of carbonyl (C=O) groups is 1. The molecular weight excluding hydrogens is 354 g/mol. The zero-order valence-electron chi connectivity index (χ0n) is 15.5. The summed E-state index contributed by atoms with van der Waals surface area (Å²) in [6.45, 7) is 0.696. The quantitative estimate of drug-likeness (QED) is 0.600. The number of anilines is 1. The number of hydrogen-bond acceptors (Lipinski definition) is 5. The third-order valence-corrected chi connectivity index (χ3v) is 3.89. The highest BCUT2D eigenvalue weighted by atomic mass is 16.5. The van der Waals surface area contributed by atoms with Crippen molar-refractivity contribution in [3.05, 3.63) is 84.5 Å². The lowest BCUT2D eigenvalue weighted by Gasteiger charge is -2.08. The fourth-order valence-electron chi connectivity index (χ4n) is 2.43. The molecule has 142 valence electrons. The van der Waals surface area contributed by atoms with Crippen LogP contribution in [0.1, 0.15) is 11.3 Å². The number of aromatic nitrogens is 2. The number of carbonyl (C=O) groups excluding carboxylic acids is 1. The van der Waals surface area contributed by atoms with Crippen LogP contribution >= 0.6 is 0 Å². The summed E-state index contributed by atoms with van der Waals surface area (Å²) in [7, 11) is 1.69. The summed E-state index contributed by atoms with van der Waals surface area (Å²) >= 11 is 0. The van der Waals surface area contributed by atoms with E-state index in [0.29, 0.717) is 23.7 Å². The lowest BCUT2D eigenvalue weighted by atomic mass is 10.1. The molecule has 0 radical (unpaired) electrons. The van der Waals surface area contributed by atoms with Crippen molar-refractivity contribution in [2.24, 2.45) is 0 Å². The van der Waals surface area contributed by atoms with Crippen LogP contribution in [0.5, 0.6) is 11.5 Å². The van der Waals surface area contributed by atoms with Gasteiger partial charge in [0.05, 0.1) is 12.3 Å². The van der Waals surface area contributed by atoms with Crippen LogP contribution in [0.2, 0.25) is 0 Å². The molecule has 1 amide bonds. The van der Waals surface area contributed by atoms with Gasteiger partial charge in [0.2, 0.25) is 5.91 Å². The molecule has 28 heavy (non-hydrogen) atoms. The molecule has 3 aromatic rings. The Morgan fingerprint density at radius 3 is 2.39 bits per heavy atom. The van der Waals surface area contributed by atoms with E-state index in [2.05, 4.69) is 15.3 Å². The van der Waals surface area contributed by atoms with Crippen LogP contribution in [0, 0.1) is 0 Å². The highest BCUT2D eigenvalue weighted by Crippen LogP contribution is 2.23. The Balaban J connectivity index is 1.53. The van der Waals surface area contributed by atoms with Crippen LogP contribution in [0.25, 0.3) is 6.08 Å². The number of benzene rings is 2. The van der Waals surface area contributed by atoms with Crippen molar-refractivity contribution in [2.75, 3.05) is 19.0 Å². The van der Waals surface area contributed by atoms with Crippen LogP contribution in [0.15, 0.2) is 73.2 Å². The third-order valence-electron chi connectivity index (χ3n) is 3.89. The molecule has 0 saturated carbocycles. The molecule has 0 spiro atoms. The largest absolute Gasteiger partial charge is 0.457 e. The van der Waals surface area contributed by atoms with Crippen molar-refractivity contribution in [1.82, 2.24) is 9.97 Å². The van der Waals surface area contributed by atoms with Gasteiger partial charge >= 0.3 is 0 Å². The standard InChI is InChI=1S/C22H21N3O3/c1-27-15-13-17-2-7-20(8-3-17)28-21-9-4-19(5-10-21)25-22(26)11-6-18-12-14-23-16-24-18/h2-12,14,16H,13,15H2,1H3,(H,25,26)/b11-6+. The monoisotopic (exact) mass is 375 g/mol. The van der Waals surface area contributed by atoms with E-state index in [-0.39, 0.29) is 5.91 Å². The first-order valence-corrected chi connectivity index (χ1v) is 8.84. The lowest BCUT2D eigenvalue weighted by Crippen LogP contribution is -2.07. The molecule has 1 N–H and O–H groups in total. The van der Waals surface area contributed by atoms with Crippen LogP contribution in [0.4, 0.5) is 5.69 Å². The van der Waals surface area contributed by atoms with E-state index in [4.69, 9.17) is 9.47 Å². The van der Waals surface area contributed by atoms with Crippen LogP contribution in [-0.2, 0) is 16.0 Å². The first-order valence-electron chi connectivity index (χ1n) is 8.84. The zero-order valence-corrected chi connectivity index (χ0v) is 15.5. The smallest absolute Gasteiger partial charge is 0.248 e. The summed E-state index contributed by atoms with van der Waals surface area (Å²) in [5.41, 5.74) is 2.55. The van der Waals surface area contributed by atoms with E-state index in [1.54, 1.807) is 37.6 Å². The van der Waals surface area contributed by atoms with Gasteiger partial charge < -0.3 is 14.8 Å². The number of nitrogens with one attached hydrogen (secondary N) is 1. The molecule has 6 heteroatoms. The van der Waals surface area contributed by atoms with E-state index >= 15 is 0 Å². The van der Waals surface area contributed by atoms with Crippen LogP contribution in [-0.4, -0.2) is 29.6 Å². The molecule has 1 aromatic heterocycles. The van der Waals surface area contributed by atoms with E-state index in [1.807, 2.05) is 36.4 Å². The molecule has 0 bridgehead atoms. The van der Waals surface area contributed by atoms with Gasteiger partial charge in [-0.1, -0.05) is 12.1 Å². The van der Waals surface area contributed by atoms with Crippen molar-refractivity contribution in [3.63, 3.8) is 0 Å². The maximum atomic E-state index is 12.0. The highest BCUT2D eigenvalue weighted by Gasteiger charge is 2.01. The number of nitrogens with zero attached hydrogens (tertiary/aromatic N) is 2. The van der Waals surface area contributed by atoms with Gasteiger partial charge in [0.1, 0.15) is 17.8 Å². The second-order valence-corrected chi connectivity index (χ2v) is 5.97. The van der Waals surface area contributed by atoms with Crippen molar-refractivity contribution < 1.29 is 14.3 Å². The fraction of sp³-hybridized carbons (Fsp3) is 0.136. The molecule has 0 aliphatic rings. The van der Waals surface area contributed by atoms with E-state index in [0.717, 1.165) is 12.2 Å². The molecule has 0 atom stereocenters. The van der Waals surface area contributed by atoms with E-state index in [1.165, 1.54) is 18.0 Å². The summed E-state index contributed by atoms with van der Waals surface area (Å²) in [6.07, 6.45) is 6.99. The number of rotatable bonds is 8. The van der Waals surface area contributed by atoms with Gasteiger partial charge in [-0.15, -0.1) is 0 Å². The molecule has 6 nitrogen and oxygen atoms in total. The first kappa shape index (κ1) is 19.3. The molecule has 3 rings (SSSR count). The number of amides is 1. The van der Waals surface area contributed by atoms with Crippen LogP contribution < -0.4 is 10.1 Å². The first-order chi connectivity index (χ1) is 13.7. The summed E-state index contributed by atoms with van der Waals surface area (Å²) in [5, 5.41) is 2.79. The minimum absolute atomic E-state index is 0.237. The second-order valence-electron chi connectivity index (χ2n) is 5.97. The molecule has 0 aliphatic carbocycles. The van der Waals surface area contributed by atoms with Gasteiger partial charge in [-0.2, -0.15) is 0 Å². The zero-order chi connectivity index (χ0) is 19.6. The summed E-state index contributed by atoms with van der Waals surface area (Å²) < 4.78 is 10.9. The number of methoxy groups -OCH3 is 1. The number of ether oxygens (including phenoxy) is 2. The molecule has 0 fully saturated rings. The predicted octanol–water partition coefficient (Wildman–Crippen LogP) is 4.11. The topological polar surface area (TPSA) is 73.3 Å². The molecule has 0 aliphatic heterocycles. The maximum absolute atomic E-state index is 12.0. The number of hydrogen-bond donors (Lipinski definition) is 1. The summed E-state index contributed by atoms with van der Waals surface area (Å²) in [4.78, 5) is 19.8. The third kappa shape index (κ3) is 6.03. The van der Waals surface area contributed by atoms with Crippen molar-refractivity contribution >= 4 is 17.7 Å². The maximum Gasteiger partial charge on any atom is 0.248 e. The molecular formula is C22H21N3O3. The Morgan fingerprint density at radius 1 is 1.04 bits per heavy atom. The van der Waals surface area contributed by atoms with E-state index in [9.17, 15) is 4.79 Å². The summed E-state index contributed by atoms with van der Waals surface area (Å²) in [5.74, 6) is 1.21. The average Bonchev–Trinajstić information content (AvgIpc) is 2.74. The molecule has 0 unspecified atom stereocenters.